The van der Waals surface area contributed by atoms with Crippen molar-refractivity contribution < 1.29 is 4.79 Å². The monoisotopic (exact) mass is 298 g/mol. The molecule has 0 unspecified atom stereocenters. The van der Waals surface area contributed by atoms with Gasteiger partial charge in [0.05, 0.1) is 0 Å². The van der Waals surface area contributed by atoms with E-state index in [2.05, 4.69) is 28.4 Å². The number of aromatic nitrogens is 3. The lowest BCUT2D eigenvalue weighted by molar-refractivity contribution is -0.122. The van der Waals surface area contributed by atoms with Crippen molar-refractivity contribution >= 4 is 5.91 Å². The summed E-state index contributed by atoms with van der Waals surface area (Å²) in [5.41, 5.74) is 2.15. The van der Waals surface area contributed by atoms with Crippen LogP contribution in [0.2, 0.25) is 0 Å². The van der Waals surface area contributed by atoms with Crippen molar-refractivity contribution in [3.05, 3.63) is 35.7 Å². The maximum Gasteiger partial charge on any atom is 0.242 e. The Bertz CT molecular complexity index is 688. The van der Waals surface area contributed by atoms with Gasteiger partial charge in [0.2, 0.25) is 5.91 Å². The lowest BCUT2D eigenvalue weighted by atomic mass is 10.1. The Morgan fingerprint density at radius 2 is 2.18 bits per heavy atom. The molecular formula is C17H22N4O. The van der Waals surface area contributed by atoms with Gasteiger partial charge in [-0.15, -0.1) is 0 Å². The average molecular weight is 298 g/mol. The second kappa shape index (κ2) is 5.91. The summed E-state index contributed by atoms with van der Waals surface area (Å²) < 4.78 is 1.69. The molecule has 1 atom stereocenters. The zero-order valence-corrected chi connectivity index (χ0v) is 13.3. The first-order chi connectivity index (χ1) is 10.5. The third kappa shape index (κ3) is 3.35. The molecular weight excluding hydrogens is 276 g/mol. The van der Waals surface area contributed by atoms with Crippen LogP contribution in [0.25, 0.3) is 11.4 Å². The van der Waals surface area contributed by atoms with Gasteiger partial charge in [-0.25, -0.2) is 9.67 Å². The third-order valence-corrected chi connectivity index (χ3v) is 4.07. The molecule has 0 bridgehead atoms. The number of nitrogens with zero attached hydrogens (tertiary/aromatic N) is 3. The summed E-state index contributed by atoms with van der Waals surface area (Å²) in [6, 6.07) is 8.34. The van der Waals surface area contributed by atoms with Gasteiger partial charge in [-0.05, 0) is 45.6 Å². The van der Waals surface area contributed by atoms with Crippen LogP contribution in [-0.2, 0) is 11.3 Å². The first kappa shape index (κ1) is 14.8. The highest BCUT2D eigenvalue weighted by Crippen LogP contribution is 2.32. The summed E-state index contributed by atoms with van der Waals surface area (Å²) in [7, 11) is 0. The van der Waals surface area contributed by atoms with Crippen molar-refractivity contribution in [2.45, 2.75) is 46.2 Å². The van der Waals surface area contributed by atoms with E-state index in [1.165, 1.54) is 12.8 Å². The number of hydrogen-bond donors (Lipinski definition) is 1. The largest absolute Gasteiger partial charge is 0.352 e. The summed E-state index contributed by atoms with van der Waals surface area (Å²) in [5.74, 6) is 2.07. The molecule has 0 spiro atoms. The number of rotatable bonds is 5. The average Bonchev–Trinajstić information content (AvgIpc) is 3.23. The second-order valence-corrected chi connectivity index (χ2v) is 6.20. The summed E-state index contributed by atoms with van der Waals surface area (Å²) >= 11 is 0. The summed E-state index contributed by atoms with van der Waals surface area (Å²) in [4.78, 5) is 16.7. The predicted octanol–water partition coefficient (Wildman–Crippen LogP) is 2.48. The van der Waals surface area contributed by atoms with Crippen molar-refractivity contribution in [3.63, 3.8) is 0 Å². The van der Waals surface area contributed by atoms with Crippen LogP contribution in [0, 0.1) is 19.8 Å². The van der Waals surface area contributed by atoms with Crippen LogP contribution in [0.5, 0.6) is 0 Å². The van der Waals surface area contributed by atoms with Gasteiger partial charge in [-0.1, -0.05) is 23.8 Å². The van der Waals surface area contributed by atoms with Gasteiger partial charge < -0.3 is 5.32 Å². The molecule has 116 valence electrons. The molecule has 0 saturated heterocycles. The molecule has 1 fully saturated rings. The van der Waals surface area contributed by atoms with Crippen LogP contribution in [0.15, 0.2) is 24.3 Å². The summed E-state index contributed by atoms with van der Waals surface area (Å²) in [5, 5.41) is 7.43. The van der Waals surface area contributed by atoms with E-state index in [1.54, 1.807) is 4.68 Å². The second-order valence-electron chi connectivity index (χ2n) is 6.20. The van der Waals surface area contributed by atoms with Crippen LogP contribution in [0.4, 0.5) is 0 Å². The number of carbonyl (C=O) groups excluding carboxylic acids is 1. The van der Waals surface area contributed by atoms with E-state index < -0.39 is 0 Å². The number of aryl methyl sites for hydroxylation is 2. The van der Waals surface area contributed by atoms with Gasteiger partial charge in [0.1, 0.15) is 12.4 Å². The van der Waals surface area contributed by atoms with E-state index in [0.717, 1.165) is 17.0 Å². The van der Waals surface area contributed by atoms with Crippen LogP contribution in [-0.4, -0.2) is 26.7 Å². The quantitative estimate of drug-likeness (QED) is 0.922. The van der Waals surface area contributed by atoms with Crippen molar-refractivity contribution in [1.82, 2.24) is 20.1 Å². The van der Waals surface area contributed by atoms with E-state index in [4.69, 9.17) is 0 Å². The zero-order chi connectivity index (χ0) is 15.7. The minimum atomic E-state index is -0.00166. The molecule has 2 aromatic rings. The smallest absolute Gasteiger partial charge is 0.242 e. The lowest BCUT2D eigenvalue weighted by Crippen LogP contribution is -2.36. The number of nitrogens with one attached hydrogen (secondary N) is 1. The molecule has 1 aliphatic rings. The van der Waals surface area contributed by atoms with Crippen molar-refractivity contribution in [3.8, 4) is 11.4 Å². The molecule has 3 rings (SSSR count). The fourth-order valence-corrected chi connectivity index (χ4v) is 2.71. The maximum absolute atomic E-state index is 12.2. The minimum Gasteiger partial charge on any atom is -0.352 e. The Kier molecular flexibility index (Phi) is 3.96. The predicted molar refractivity (Wildman–Crippen MR) is 85.3 cm³/mol. The maximum atomic E-state index is 12.2. The van der Waals surface area contributed by atoms with Crippen LogP contribution < -0.4 is 5.32 Å². The molecule has 1 amide bonds. The number of amides is 1. The molecule has 22 heavy (non-hydrogen) atoms. The van der Waals surface area contributed by atoms with Crippen LogP contribution in [0.1, 0.15) is 31.2 Å². The van der Waals surface area contributed by atoms with Crippen molar-refractivity contribution in [1.29, 1.82) is 0 Å². The van der Waals surface area contributed by atoms with Gasteiger partial charge in [0, 0.05) is 11.6 Å². The molecule has 1 heterocycles. The molecule has 0 aliphatic heterocycles. The fourth-order valence-electron chi connectivity index (χ4n) is 2.71. The molecule has 5 heteroatoms. The van der Waals surface area contributed by atoms with E-state index in [-0.39, 0.29) is 18.5 Å². The van der Waals surface area contributed by atoms with E-state index in [1.807, 2.05) is 32.0 Å². The highest BCUT2D eigenvalue weighted by Gasteiger charge is 2.29. The van der Waals surface area contributed by atoms with E-state index >= 15 is 0 Å². The Morgan fingerprint density at radius 1 is 1.41 bits per heavy atom. The van der Waals surface area contributed by atoms with Gasteiger partial charge in [0.15, 0.2) is 5.82 Å². The molecule has 1 aromatic carbocycles. The Hall–Kier alpha value is -2.17. The number of hydrogen-bond acceptors (Lipinski definition) is 3. The third-order valence-electron chi connectivity index (χ3n) is 4.07. The van der Waals surface area contributed by atoms with E-state index in [0.29, 0.717) is 11.7 Å². The standard InChI is InChI=1S/C17H22N4O/c1-11-5-4-6-15(9-11)17-19-13(3)20-21(17)10-16(22)18-12(2)14-7-8-14/h4-6,9,12,14H,7-8,10H2,1-3H3,(H,18,22)/t12-/m1/s1. The van der Waals surface area contributed by atoms with Gasteiger partial charge in [0.25, 0.3) is 0 Å². The molecule has 1 aliphatic carbocycles. The van der Waals surface area contributed by atoms with Gasteiger partial charge >= 0.3 is 0 Å². The van der Waals surface area contributed by atoms with Crippen molar-refractivity contribution in [2.75, 3.05) is 0 Å². The van der Waals surface area contributed by atoms with E-state index in [9.17, 15) is 4.79 Å². The number of benzene rings is 1. The Labute approximate surface area is 130 Å². The van der Waals surface area contributed by atoms with Crippen LogP contribution >= 0.6 is 0 Å². The minimum absolute atomic E-state index is 0.00166. The molecule has 5 nitrogen and oxygen atoms in total. The van der Waals surface area contributed by atoms with Crippen LogP contribution in [0.3, 0.4) is 0 Å². The highest BCUT2D eigenvalue weighted by molar-refractivity contribution is 5.76. The SMILES string of the molecule is Cc1cccc(-c2nc(C)nn2CC(=O)N[C@H](C)C2CC2)c1. The van der Waals surface area contributed by atoms with Gasteiger partial charge in [-0.3, -0.25) is 4.79 Å². The topological polar surface area (TPSA) is 59.8 Å². The Morgan fingerprint density at radius 3 is 2.86 bits per heavy atom. The molecule has 0 radical (unpaired) electrons. The normalized spacial score (nSPS) is 15.6. The van der Waals surface area contributed by atoms with Crippen molar-refractivity contribution in [2.24, 2.45) is 5.92 Å². The highest BCUT2D eigenvalue weighted by atomic mass is 16.2. The van der Waals surface area contributed by atoms with Gasteiger partial charge in [-0.2, -0.15) is 5.10 Å². The summed E-state index contributed by atoms with van der Waals surface area (Å²) in [6.45, 7) is 6.17. The molecule has 1 aromatic heterocycles. The first-order valence-corrected chi connectivity index (χ1v) is 7.81. The molecule has 1 saturated carbocycles. The summed E-state index contributed by atoms with van der Waals surface area (Å²) in [6.07, 6.45) is 2.44. The zero-order valence-electron chi connectivity index (χ0n) is 13.3. The Balaban J connectivity index is 1.77. The number of carbonyl (C=O) groups is 1. The fraction of sp³-hybridized carbons (Fsp3) is 0.471. The molecule has 1 N–H and O–H groups in total. The lowest BCUT2D eigenvalue weighted by Gasteiger charge is -2.13. The first-order valence-electron chi connectivity index (χ1n) is 7.81.